The normalized spacial score (nSPS) is 19.0. The fraction of sp³-hybridized carbons (Fsp3) is 0.385. The van der Waals surface area contributed by atoms with Crippen LogP contribution in [0.4, 0.5) is 11.8 Å². The van der Waals surface area contributed by atoms with Gasteiger partial charge in [0.05, 0.1) is 5.69 Å². The van der Waals surface area contributed by atoms with Gasteiger partial charge >= 0.3 is 0 Å². The topological polar surface area (TPSA) is 81.1 Å². The minimum Gasteiger partial charge on any atom is -0.368 e. The van der Waals surface area contributed by atoms with Crippen molar-refractivity contribution in [2.45, 2.75) is 18.9 Å². The molecule has 0 saturated carbocycles. The second kappa shape index (κ2) is 5.14. The lowest BCUT2D eigenvalue weighted by Crippen LogP contribution is -2.27. The highest BCUT2D eigenvalue weighted by Crippen LogP contribution is 2.21. The zero-order valence-electron chi connectivity index (χ0n) is 10.6. The minimum atomic E-state index is 0.233. The van der Waals surface area contributed by atoms with Crippen molar-refractivity contribution in [1.82, 2.24) is 9.97 Å². The van der Waals surface area contributed by atoms with Crippen LogP contribution in [0.5, 0.6) is 0 Å². The maximum Gasteiger partial charge on any atom is 0.222 e. The van der Waals surface area contributed by atoms with Gasteiger partial charge in [-0.05, 0) is 17.9 Å². The predicted octanol–water partition coefficient (Wildman–Crippen LogP) is 1.25. The van der Waals surface area contributed by atoms with Crippen LogP contribution in [0.1, 0.15) is 17.0 Å². The van der Waals surface area contributed by atoms with Crippen LogP contribution in [-0.2, 0) is 6.42 Å². The van der Waals surface area contributed by atoms with Crippen molar-refractivity contribution in [3.05, 3.63) is 34.2 Å². The van der Waals surface area contributed by atoms with Gasteiger partial charge in [-0.1, -0.05) is 6.07 Å². The second-order valence-corrected chi connectivity index (χ2v) is 5.86. The average molecular weight is 275 g/mol. The van der Waals surface area contributed by atoms with Crippen molar-refractivity contribution >= 4 is 23.1 Å². The number of nitrogens with zero attached hydrogens (tertiary/aromatic N) is 3. The number of nitrogens with two attached hydrogens (primary N) is 2. The predicted molar refractivity (Wildman–Crippen MR) is 78.4 cm³/mol. The molecule has 1 atom stereocenters. The maximum atomic E-state index is 5.93. The van der Waals surface area contributed by atoms with Crippen molar-refractivity contribution in [1.29, 1.82) is 0 Å². The summed E-state index contributed by atoms with van der Waals surface area (Å²) in [6.07, 6.45) is 1.81. The van der Waals surface area contributed by atoms with Crippen LogP contribution < -0.4 is 16.4 Å². The van der Waals surface area contributed by atoms with Gasteiger partial charge in [0.25, 0.3) is 0 Å². The molecule has 0 bridgehead atoms. The highest BCUT2D eigenvalue weighted by atomic mass is 32.1. The quantitative estimate of drug-likeness (QED) is 0.881. The van der Waals surface area contributed by atoms with Crippen LogP contribution in [0.3, 0.4) is 0 Å². The molecule has 19 heavy (non-hydrogen) atoms. The van der Waals surface area contributed by atoms with Crippen molar-refractivity contribution < 1.29 is 0 Å². The molecule has 0 amide bonds. The molecule has 1 fully saturated rings. The van der Waals surface area contributed by atoms with Crippen LogP contribution in [0.25, 0.3) is 0 Å². The lowest BCUT2D eigenvalue weighted by atomic mass is 10.2. The zero-order chi connectivity index (χ0) is 13.2. The average Bonchev–Trinajstić information content (AvgIpc) is 3.00. The van der Waals surface area contributed by atoms with E-state index in [1.165, 1.54) is 4.88 Å². The maximum absolute atomic E-state index is 5.93. The molecule has 0 aliphatic carbocycles. The summed E-state index contributed by atoms with van der Waals surface area (Å²) in [5, 5.41) is 2.07. The van der Waals surface area contributed by atoms with Crippen LogP contribution in [0, 0.1) is 0 Å². The van der Waals surface area contributed by atoms with E-state index >= 15 is 0 Å². The van der Waals surface area contributed by atoms with Crippen LogP contribution in [-0.4, -0.2) is 29.1 Å². The summed E-state index contributed by atoms with van der Waals surface area (Å²) in [5.41, 5.74) is 12.7. The van der Waals surface area contributed by atoms with Crippen LogP contribution in [0.2, 0.25) is 0 Å². The summed E-state index contributed by atoms with van der Waals surface area (Å²) in [7, 11) is 0. The fourth-order valence-electron chi connectivity index (χ4n) is 2.34. The monoisotopic (exact) mass is 275 g/mol. The number of aromatic nitrogens is 2. The summed E-state index contributed by atoms with van der Waals surface area (Å²) in [4.78, 5) is 12.1. The first-order chi connectivity index (χ1) is 9.20. The highest BCUT2D eigenvalue weighted by molar-refractivity contribution is 7.09. The Morgan fingerprint density at radius 1 is 1.42 bits per heavy atom. The van der Waals surface area contributed by atoms with Crippen molar-refractivity contribution in [2.24, 2.45) is 5.73 Å². The summed E-state index contributed by atoms with van der Waals surface area (Å²) in [5.74, 6) is 1.23. The Labute approximate surface area is 116 Å². The standard InChI is InChI=1S/C13H17N5S/c14-9-3-4-18(8-9)12-7-10(16-13(15)17-12)6-11-2-1-5-19-11/h1-2,5,7,9H,3-4,6,8,14H2,(H2,15,16,17)/t9-/m1/s1. The van der Waals surface area contributed by atoms with E-state index in [0.717, 1.165) is 37.4 Å². The molecule has 5 nitrogen and oxygen atoms in total. The Kier molecular flexibility index (Phi) is 3.35. The lowest BCUT2D eigenvalue weighted by molar-refractivity contribution is 0.751. The summed E-state index contributed by atoms with van der Waals surface area (Å²) < 4.78 is 0. The van der Waals surface area contributed by atoms with Crippen molar-refractivity contribution in [3.8, 4) is 0 Å². The minimum absolute atomic E-state index is 0.233. The molecule has 4 N–H and O–H groups in total. The zero-order valence-corrected chi connectivity index (χ0v) is 11.4. The molecule has 1 saturated heterocycles. The van der Waals surface area contributed by atoms with E-state index in [9.17, 15) is 0 Å². The van der Waals surface area contributed by atoms with E-state index in [2.05, 4.69) is 26.3 Å². The molecule has 0 radical (unpaired) electrons. The molecule has 2 aromatic heterocycles. The Bertz CT molecular complexity index is 554. The number of nitrogen functional groups attached to an aromatic ring is 1. The first-order valence-corrected chi connectivity index (χ1v) is 7.25. The van der Waals surface area contributed by atoms with Gasteiger partial charge in [0.15, 0.2) is 0 Å². The molecule has 1 aliphatic heterocycles. The highest BCUT2D eigenvalue weighted by Gasteiger charge is 2.21. The molecular formula is C13H17N5S. The third-order valence-electron chi connectivity index (χ3n) is 3.27. The van der Waals surface area contributed by atoms with E-state index in [0.29, 0.717) is 5.95 Å². The van der Waals surface area contributed by atoms with Gasteiger partial charge in [0.1, 0.15) is 5.82 Å². The number of hydrogen-bond acceptors (Lipinski definition) is 6. The summed E-state index contributed by atoms with van der Waals surface area (Å²) >= 11 is 1.73. The largest absolute Gasteiger partial charge is 0.368 e. The molecule has 3 rings (SSSR count). The first-order valence-electron chi connectivity index (χ1n) is 6.37. The molecular weight excluding hydrogens is 258 g/mol. The Morgan fingerprint density at radius 2 is 2.32 bits per heavy atom. The number of anilines is 2. The lowest BCUT2D eigenvalue weighted by Gasteiger charge is -2.17. The molecule has 2 aromatic rings. The first kappa shape index (κ1) is 12.4. The van der Waals surface area contributed by atoms with Gasteiger partial charge in [0, 0.05) is 36.5 Å². The number of thiophene rings is 1. The summed E-state index contributed by atoms with van der Waals surface area (Å²) in [6, 6.07) is 6.41. The molecule has 6 heteroatoms. The summed E-state index contributed by atoms with van der Waals surface area (Å²) in [6.45, 7) is 1.78. The molecule has 3 heterocycles. The number of rotatable bonds is 3. The van der Waals surface area contributed by atoms with Crippen molar-refractivity contribution in [3.63, 3.8) is 0 Å². The van der Waals surface area contributed by atoms with E-state index in [1.54, 1.807) is 11.3 Å². The van der Waals surface area contributed by atoms with Crippen LogP contribution >= 0.6 is 11.3 Å². The third-order valence-corrected chi connectivity index (χ3v) is 4.14. The molecule has 0 aromatic carbocycles. The molecule has 0 spiro atoms. The molecule has 1 aliphatic rings. The van der Waals surface area contributed by atoms with Crippen molar-refractivity contribution in [2.75, 3.05) is 23.7 Å². The van der Waals surface area contributed by atoms with E-state index in [4.69, 9.17) is 11.5 Å². The SMILES string of the molecule is Nc1nc(Cc2cccs2)cc(N2CC[C@@H](N)C2)n1. The van der Waals surface area contributed by atoms with Gasteiger partial charge in [-0.3, -0.25) is 0 Å². The second-order valence-electron chi connectivity index (χ2n) is 4.83. The Hall–Kier alpha value is -1.66. The fourth-order valence-corrected chi connectivity index (χ4v) is 3.06. The van der Waals surface area contributed by atoms with Gasteiger partial charge in [-0.15, -0.1) is 11.3 Å². The van der Waals surface area contributed by atoms with E-state index in [-0.39, 0.29) is 6.04 Å². The smallest absolute Gasteiger partial charge is 0.222 e. The molecule has 100 valence electrons. The van der Waals surface area contributed by atoms with E-state index < -0.39 is 0 Å². The van der Waals surface area contributed by atoms with Crippen LogP contribution in [0.15, 0.2) is 23.6 Å². The van der Waals surface area contributed by atoms with E-state index in [1.807, 2.05) is 12.1 Å². The van der Waals surface area contributed by atoms with Gasteiger partial charge < -0.3 is 16.4 Å². The van der Waals surface area contributed by atoms with Gasteiger partial charge in [-0.2, -0.15) is 4.98 Å². The third kappa shape index (κ3) is 2.85. The van der Waals surface area contributed by atoms with Gasteiger partial charge in [-0.25, -0.2) is 4.98 Å². The Balaban J connectivity index is 1.83. The number of hydrogen-bond donors (Lipinski definition) is 2. The van der Waals surface area contributed by atoms with Gasteiger partial charge in [0.2, 0.25) is 5.95 Å². The Morgan fingerprint density at radius 3 is 3.00 bits per heavy atom. The molecule has 0 unspecified atom stereocenters.